The number of thioether (sulfide) groups is 1. The number of nitrogens with zero attached hydrogens (tertiary/aromatic N) is 6. The van der Waals surface area contributed by atoms with Gasteiger partial charge in [0.1, 0.15) is 5.01 Å². The lowest BCUT2D eigenvalue weighted by Crippen LogP contribution is -2.14. The minimum absolute atomic E-state index is 0.128. The summed E-state index contributed by atoms with van der Waals surface area (Å²) in [6.45, 7) is 2.64. The van der Waals surface area contributed by atoms with E-state index < -0.39 is 9.84 Å². The van der Waals surface area contributed by atoms with E-state index in [4.69, 9.17) is 0 Å². The highest BCUT2D eigenvalue weighted by Gasteiger charge is 2.16. The Bertz CT molecular complexity index is 1370. The van der Waals surface area contributed by atoms with Gasteiger partial charge in [-0.2, -0.15) is 0 Å². The van der Waals surface area contributed by atoms with Crippen LogP contribution in [0.15, 0.2) is 58.8 Å². The molecule has 0 fully saturated rings. The molecule has 0 aliphatic carbocycles. The van der Waals surface area contributed by atoms with Gasteiger partial charge < -0.3 is 4.57 Å². The summed E-state index contributed by atoms with van der Waals surface area (Å²) in [5.74, 6) is 0.580. The van der Waals surface area contributed by atoms with Crippen molar-refractivity contribution in [1.29, 1.82) is 0 Å². The normalized spacial score (nSPS) is 11.5. The molecule has 0 bridgehead atoms. The van der Waals surface area contributed by atoms with Crippen molar-refractivity contribution in [1.82, 2.24) is 29.9 Å². The van der Waals surface area contributed by atoms with Crippen LogP contribution in [0.3, 0.4) is 0 Å². The summed E-state index contributed by atoms with van der Waals surface area (Å²) < 4.78 is 25.1. The molecule has 4 rings (SSSR count). The molecule has 0 radical (unpaired) electrons. The number of sulfone groups is 1. The molecule has 0 saturated carbocycles. The number of carbonyl (C=O) groups is 1. The Morgan fingerprint density at radius 2 is 1.88 bits per heavy atom. The van der Waals surface area contributed by atoms with Gasteiger partial charge in [0.2, 0.25) is 11.0 Å². The van der Waals surface area contributed by atoms with Gasteiger partial charge in [0.25, 0.3) is 0 Å². The number of hydrogen-bond acceptors (Lipinski definition) is 10. The average molecular weight is 502 g/mol. The Balaban J connectivity index is 1.39. The zero-order chi connectivity index (χ0) is 23.4. The molecule has 1 N–H and O–H groups in total. The first kappa shape index (κ1) is 23.0. The van der Waals surface area contributed by atoms with E-state index in [2.05, 4.69) is 30.7 Å². The van der Waals surface area contributed by atoms with Crippen molar-refractivity contribution in [2.75, 3.05) is 17.3 Å². The van der Waals surface area contributed by atoms with Gasteiger partial charge in [-0.3, -0.25) is 15.1 Å². The van der Waals surface area contributed by atoms with Crippen molar-refractivity contribution >= 4 is 44.0 Å². The molecule has 170 valence electrons. The number of nitrogens with one attached hydrogen (secondary N) is 1. The Kier molecular flexibility index (Phi) is 6.81. The second-order valence-corrected chi connectivity index (χ2v) is 10.8. The molecule has 10 nitrogen and oxygen atoms in total. The summed E-state index contributed by atoms with van der Waals surface area (Å²) in [7, 11) is -3.27. The highest BCUT2D eigenvalue weighted by molar-refractivity contribution is 7.99. The molecular weight excluding hydrogens is 482 g/mol. The molecule has 3 aromatic heterocycles. The van der Waals surface area contributed by atoms with Crippen molar-refractivity contribution in [2.45, 2.75) is 23.5 Å². The Morgan fingerprint density at radius 3 is 2.55 bits per heavy atom. The lowest BCUT2D eigenvalue weighted by Gasteiger charge is -2.06. The Morgan fingerprint density at radius 1 is 1.09 bits per heavy atom. The van der Waals surface area contributed by atoms with Gasteiger partial charge in [0.15, 0.2) is 20.8 Å². The second-order valence-electron chi connectivity index (χ2n) is 6.84. The van der Waals surface area contributed by atoms with Crippen LogP contribution in [0.25, 0.3) is 22.0 Å². The van der Waals surface area contributed by atoms with Crippen LogP contribution in [-0.4, -0.2) is 56.3 Å². The van der Waals surface area contributed by atoms with E-state index in [9.17, 15) is 13.2 Å². The fourth-order valence-corrected chi connectivity index (χ4v) is 5.11. The zero-order valence-electron chi connectivity index (χ0n) is 17.7. The summed E-state index contributed by atoms with van der Waals surface area (Å²) in [6, 6.07) is 10.1. The van der Waals surface area contributed by atoms with Gasteiger partial charge in [0.05, 0.1) is 10.6 Å². The predicted molar refractivity (Wildman–Crippen MR) is 127 cm³/mol. The topological polar surface area (TPSA) is 133 Å². The maximum atomic E-state index is 12.4. The Labute approximate surface area is 198 Å². The van der Waals surface area contributed by atoms with E-state index in [1.807, 2.05) is 23.6 Å². The molecule has 0 atom stereocenters. The van der Waals surface area contributed by atoms with Crippen molar-refractivity contribution < 1.29 is 13.2 Å². The number of anilines is 1. The molecule has 33 heavy (non-hydrogen) atoms. The minimum Gasteiger partial charge on any atom is -0.302 e. The highest BCUT2D eigenvalue weighted by atomic mass is 32.2. The van der Waals surface area contributed by atoms with E-state index in [0.29, 0.717) is 33.2 Å². The van der Waals surface area contributed by atoms with Gasteiger partial charge >= 0.3 is 0 Å². The number of rotatable bonds is 8. The SMILES string of the molecule is CCn1c(SCC(=O)Nc2nnc(-c3ccc(S(C)(=O)=O)cc3)s2)nnc1-c1cccnc1. The average Bonchev–Trinajstić information content (AvgIpc) is 3.44. The molecule has 0 saturated heterocycles. The maximum Gasteiger partial charge on any atom is 0.236 e. The van der Waals surface area contributed by atoms with Gasteiger partial charge in [-0.05, 0) is 31.2 Å². The van der Waals surface area contributed by atoms with Crippen LogP contribution in [-0.2, 0) is 21.2 Å². The molecular formula is C20H19N7O3S3. The van der Waals surface area contributed by atoms with E-state index in [1.165, 1.54) is 35.2 Å². The third-order valence-corrected chi connectivity index (χ3v) is 7.47. The smallest absolute Gasteiger partial charge is 0.236 e. The van der Waals surface area contributed by atoms with Crippen LogP contribution in [0, 0.1) is 0 Å². The number of benzene rings is 1. The number of pyridine rings is 1. The maximum absolute atomic E-state index is 12.4. The third kappa shape index (κ3) is 5.43. The summed E-state index contributed by atoms with van der Waals surface area (Å²) in [5.41, 5.74) is 1.57. The molecule has 1 aromatic carbocycles. The van der Waals surface area contributed by atoms with Crippen LogP contribution < -0.4 is 5.32 Å². The molecule has 4 aromatic rings. The number of amides is 1. The van der Waals surface area contributed by atoms with E-state index in [1.54, 1.807) is 24.5 Å². The lowest BCUT2D eigenvalue weighted by molar-refractivity contribution is -0.113. The monoisotopic (exact) mass is 501 g/mol. The third-order valence-electron chi connectivity index (χ3n) is 4.49. The standard InChI is InChI=1S/C20H19N7O3S3/c1-3-27-17(14-5-4-10-21-11-14)23-26-20(27)31-12-16(28)22-19-25-24-18(32-19)13-6-8-15(9-7-13)33(2,29)30/h4-11H,3,12H2,1-2H3,(H,22,25,28). The van der Waals surface area contributed by atoms with Crippen LogP contribution in [0.4, 0.5) is 5.13 Å². The van der Waals surface area contributed by atoms with Crippen molar-refractivity contribution in [3.8, 4) is 22.0 Å². The van der Waals surface area contributed by atoms with Crippen LogP contribution in [0.5, 0.6) is 0 Å². The van der Waals surface area contributed by atoms with Gasteiger partial charge in [0, 0.05) is 36.3 Å². The van der Waals surface area contributed by atoms with Gasteiger partial charge in [-0.15, -0.1) is 20.4 Å². The minimum atomic E-state index is -3.27. The number of hydrogen-bond donors (Lipinski definition) is 1. The van der Waals surface area contributed by atoms with Crippen LogP contribution in [0.2, 0.25) is 0 Å². The highest BCUT2D eigenvalue weighted by Crippen LogP contribution is 2.28. The largest absolute Gasteiger partial charge is 0.302 e. The van der Waals surface area contributed by atoms with E-state index in [-0.39, 0.29) is 16.6 Å². The van der Waals surface area contributed by atoms with Crippen molar-refractivity contribution in [3.63, 3.8) is 0 Å². The first-order valence-electron chi connectivity index (χ1n) is 9.75. The fourth-order valence-electron chi connectivity index (χ4n) is 2.91. The predicted octanol–water partition coefficient (Wildman–Crippen LogP) is 3.01. The lowest BCUT2D eigenvalue weighted by atomic mass is 10.2. The summed E-state index contributed by atoms with van der Waals surface area (Å²) >= 11 is 2.48. The molecule has 13 heteroatoms. The Hall–Kier alpha value is -3.16. The van der Waals surface area contributed by atoms with Crippen LogP contribution >= 0.6 is 23.1 Å². The summed E-state index contributed by atoms with van der Waals surface area (Å²) in [4.78, 5) is 16.8. The van der Waals surface area contributed by atoms with E-state index in [0.717, 1.165) is 11.8 Å². The van der Waals surface area contributed by atoms with Gasteiger partial charge in [-0.1, -0.05) is 35.2 Å². The number of carbonyl (C=O) groups excluding carboxylic acids is 1. The summed E-state index contributed by atoms with van der Waals surface area (Å²) in [6.07, 6.45) is 4.57. The first-order chi connectivity index (χ1) is 15.8. The molecule has 3 heterocycles. The molecule has 0 aliphatic rings. The van der Waals surface area contributed by atoms with E-state index >= 15 is 0 Å². The van der Waals surface area contributed by atoms with Crippen molar-refractivity contribution in [3.05, 3.63) is 48.8 Å². The fraction of sp³-hybridized carbons (Fsp3) is 0.200. The molecule has 0 aliphatic heterocycles. The zero-order valence-corrected chi connectivity index (χ0v) is 20.1. The first-order valence-corrected chi connectivity index (χ1v) is 13.4. The summed E-state index contributed by atoms with van der Waals surface area (Å²) in [5, 5.41) is 20.8. The van der Waals surface area contributed by atoms with Crippen LogP contribution in [0.1, 0.15) is 6.92 Å². The molecule has 0 unspecified atom stereocenters. The number of aromatic nitrogens is 6. The second kappa shape index (κ2) is 9.77. The molecule has 1 amide bonds. The van der Waals surface area contributed by atoms with Crippen molar-refractivity contribution in [2.24, 2.45) is 0 Å². The molecule has 0 spiro atoms. The van der Waals surface area contributed by atoms with Gasteiger partial charge in [-0.25, -0.2) is 8.42 Å². The quantitative estimate of drug-likeness (QED) is 0.362.